The second-order valence-electron chi connectivity index (χ2n) is 9.48. The van der Waals surface area contributed by atoms with Gasteiger partial charge in [-0.25, -0.2) is 26.0 Å². The lowest BCUT2D eigenvalue weighted by Crippen LogP contribution is -2.45. The molecule has 2 aliphatic rings. The van der Waals surface area contributed by atoms with Crippen LogP contribution in [0.15, 0.2) is 70.2 Å². The summed E-state index contributed by atoms with van der Waals surface area (Å²) in [5.41, 5.74) is 0.612. The molecule has 0 aliphatic carbocycles. The van der Waals surface area contributed by atoms with Gasteiger partial charge in [-0.3, -0.25) is 4.79 Å². The third kappa shape index (κ3) is 4.23. The van der Waals surface area contributed by atoms with E-state index in [4.69, 9.17) is 16.3 Å². The highest BCUT2D eigenvalue weighted by Crippen LogP contribution is 2.45. The molecule has 1 aromatic heterocycles. The molecule has 7 nitrogen and oxygen atoms in total. The Morgan fingerprint density at radius 3 is 2.38 bits per heavy atom. The molecular formula is C27H18BrClF2N2O5S. The molecule has 3 aromatic carbocycles. The van der Waals surface area contributed by atoms with Gasteiger partial charge in [-0.05, 0) is 36.4 Å². The fourth-order valence-electron chi connectivity index (χ4n) is 5.31. The maximum Gasteiger partial charge on any atom is 0.339 e. The van der Waals surface area contributed by atoms with Crippen LogP contribution in [0.5, 0.6) is 0 Å². The third-order valence-electron chi connectivity index (χ3n) is 7.20. The minimum absolute atomic E-state index is 0.0887. The molecule has 6 rings (SSSR count). The molecule has 12 heteroatoms. The summed E-state index contributed by atoms with van der Waals surface area (Å²) in [7, 11) is -4.49. The molecule has 1 saturated heterocycles. The van der Waals surface area contributed by atoms with Crippen molar-refractivity contribution in [3.63, 3.8) is 0 Å². The number of carbonyl (C=O) groups is 2. The number of ether oxygens (including phenoxy) is 1. The number of nitrogens with zero attached hydrogens (tertiary/aromatic N) is 2. The smallest absolute Gasteiger partial charge is 0.339 e. The molecule has 1 amide bonds. The summed E-state index contributed by atoms with van der Waals surface area (Å²) in [5.74, 6) is -2.95. The number of fused-ring (bicyclic) bond motifs is 3. The Labute approximate surface area is 235 Å². The Hall–Kier alpha value is -3.28. The van der Waals surface area contributed by atoms with Crippen molar-refractivity contribution in [2.45, 2.75) is 23.3 Å². The van der Waals surface area contributed by atoms with Gasteiger partial charge in [-0.2, -0.15) is 0 Å². The summed E-state index contributed by atoms with van der Waals surface area (Å²) in [6, 6.07) is 11.8. The van der Waals surface area contributed by atoms with Gasteiger partial charge in [0, 0.05) is 58.6 Å². The SMILES string of the molecule is O=C1OC2(CCN(C(=O)c3cn(S(=O)(=O)c4cc(F)cc(F)c4)c4cc(Cl)ccc34)CC2)c2ccc(Br)cc21. The Morgan fingerprint density at radius 2 is 1.69 bits per heavy atom. The van der Waals surface area contributed by atoms with Gasteiger partial charge in [0.25, 0.3) is 15.9 Å². The van der Waals surface area contributed by atoms with Gasteiger partial charge in [0.05, 0.1) is 21.5 Å². The number of rotatable bonds is 3. The van der Waals surface area contributed by atoms with E-state index in [0.29, 0.717) is 42.0 Å². The number of benzene rings is 3. The molecule has 0 N–H and O–H groups in total. The lowest BCUT2D eigenvalue weighted by Gasteiger charge is -2.38. The minimum Gasteiger partial charge on any atom is -0.450 e. The molecule has 0 bridgehead atoms. The van der Waals surface area contributed by atoms with Crippen LogP contribution in [-0.2, 0) is 20.4 Å². The fraction of sp³-hybridized carbons (Fsp3) is 0.185. The first-order chi connectivity index (χ1) is 18.5. The first-order valence-electron chi connectivity index (χ1n) is 11.8. The van der Waals surface area contributed by atoms with Crippen LogP contribution in [0.2, 0.25) is 5.02 Å². The molecule has 39 heavy (non-hydrogen) atoms. The molecule has 4 aromatic rings. The first-order valence-corrected chi connectivity index (χ1v) is 14.4. The summed E-state index contributed by atoms with van der Waals surface area (Å²) in [4.78, 5) is 27.2. The van der Waals surface area contributed by atoms with E-state index in [-0.39, 0.29) is 29.2 Å². The van der Waals surface area contributed by atoms with Gasteiger partial charge < -0.3 is 9.64 Å². The second-order valence-corrected chi connectivity index (χ2v) is 12.6. The largest absolute Gasteiger partial charge is 0.450 e. The quantitative estimate of drug-likeness (QED) is 0.263. The lowest BCUT2D eigenvalue weighted by atomic mass is 9.83. The van der Waals surface area contributed by atoms with Gasteiger partial charge in [0.15, 0.2) is 0 Å². The van der Waals surface area contributed by atoms with Crippen molar-refractivity contribution in [2.75, 3.05) is 13.1 Å². The molecule has 3 heterocycles. The predicted molar refractivity (Wildman–Crippen MR) is 142 cm³/mol. The maximum atomic E-state index is 13.9. The molecule has 200 valence electrons. The van der Waals surface area contributed by atoms with Crippen LogP contribution < -0.4 is 0 Å². The second kappa shape index (κ2) is 9.14. The van der Waals surface area contributed by atoms with Crippen LogP contribution in [0, 0.1) is 11.6 Å². The van der Waals surface area contributed by atoms with Crippen molar-refractivity contribution in [3.05, 3.63) is 98.6 Å². The van der Waals surface area contributed by atoms with Crippen molar-refractivity contribution in [3.8, 4) is 0 Å². The lowest BCUT2D eigenvalue weighted by molar-refractivity contribution is -0.0389. The number of aromatic nitrogens is 1. The van der Waals surface area contributed by atoms with Crippen LogP contribution in [0.3, 0.4) is 0 Å². The Bertz CT molecular complexity index is 1800. The normalized spacial score (nSPS) is 16.5. The Kier molecular flexibility index (Phi) is 6.09. The van der Waals surface area contributed by atoms with E-state index in [1.165, 1.54) is 18.2 Å². The van der Waals surface area contributed by atoms with Crippen LogP contribution >= 0.6 is 27.5 Å². The van der Waals surface area contributed by atoms with E-state index in [1.54, 1.807) is 11.0 Å². The van der Waals surface area contributed by atoms with Crippen molar-refractivity contribution in [1.29, 1.82) is 0 Å². The summed E-state index contributed by atoms with van der Waals surface area (Å²) in [5, 5.41) is 0.530. The zero-order valence-corrected chi connectivity index (χ0v) is 23.1. The van der Waals surface area contributed by atoms with Crippen LogP contribution in [0.1, 0.15) is 39.1 Å². The monoisotopic (exact) mass is 634 g/mol. The molecule has 0 unspecified atom stereocenters. The number of hydrogen-bond acceptors (Lipinski definition) is 5. The summed E-state index contributed by atoms with van der Waals surface area (Å²) in [6.45, 7) is 0.507. The maximum absolute atomic E-state index is 13.9. The molecular weight excluding hydrogens is 618 g/mol. The number of halogens is 4. The van der Waals surface area contributed by atoms with Crippen LogP contribution in [-0.4, -0.2) is 42.3 Å². The van der Waals surface area contributed by atoms with Crippen molar-refractivity contribution >= 4 is 60.3 Å². The number of hydrogen-bond donors (Lipinski definition) is 0. The van der Waals surface area contributed by atoms with Gasteiger partial charge in [-0.15, -0.1) is 0 Å². The number of amides is 1. The number of piperidine rings is 1. The molecule has 0 saturated carbocycles. The minimum atomic E-state index is -4.49. The number of carbonyl (C=O) groups excluding carboxylic acids is 2. The van der Waals surface area contributed by atoms with Crippen molar-refractivity contribution in [1.82, 2.24) is 8.87 Å². The topological polar surface area (TPSA) is 85.7 Å². The fourth-order valence-corrected chi connectivity index (χ4v) is 7.25. The summed E-state index contributed by atoms with van der Waals surface area (Å²) >= 11 is 9.51. The molecule has 0 atom stereocenters. The summed E-state index contributed by atoms with van der Waals surface area (Å²) in [6.07, 6.45) is 1.88. The first kappa shape index (κ1) is 26.0. The van der Waals surface area contributed by atoms with Crippen LogP contribution in [0.4, 0.5) is 8.78 Å². The highest BCUT2D eigenvalue weighted by atomic mass is 79.9. The molecule has 1 fully saturated rings. The third-order valence-corrected chi connectivity index (χ3v) is 9.58. The molecule has 2 aliphatic heterocycles. The van der Waals surface area contributed by atoms with E-state index in [1.807, 2.05) is 12.1 Å². The van der Waals surface area contributed by atoms with Crippen molar-refractivity contribution in [2.24, 2.45) is 0 Å². The average Bonchev–Trinajstić information content (AvgIpc) is 3.39. The highest BCUT2D eigenvalue weighted by molar-refractivity contribution is 9.10. The van der Waals surface area contributed by atoms with Gasteiger partial charge in [0.2, 0.25) is 0 Å². The number of esters is 1. The summed E-state index contributed by atoms with van der Waals surface area (Å²) < 4.78 is 61.9. The number of likely N-dealkylation sites (tertiary alicyclic amines) is 1. The van der Waals surface area contributed by atoms with Crippen molar-refractivity contribution < 1.29 is 31.5 Å². The zero-order valence-electron chi connectivity index (χ0n) is 20.0. The molecule has 1 spiro atoms. The van der Waals surface area contributed by atoms with Crippen LogP contribution in [0.25, 0.3) is 10.9 Å². The molecule has 0 radical (unpaired) electrons. The van der Waals surface area contributed by atoms with E-state index in [9.17, 15) is 26.8 Å². The van der Waals surface area contributed by atoms with Gasteiger partial charge in [-0.1, -0.05) is 39.7 Å². The van der Waals surface area contributed by atoms with E-state index >= 15 is 0 Å². The van der Waals surface area contributed by atoms with E-state index < -0.39 is 44.0 Å². The van der Waals surface area contributed by atoms with E-state index in [0.717, 1.165) is 20.2 Å². The predicted octanol–water partition coefficient (Wildman–Crippen LogP) is 5.87. The Morgan fingerprint density at radius 1 is 1.00 bits per heavy atom. The zero-order chi connectivity index (χ0) is 27.7. The van der Waals surface area contributed by atoms with E-state index in [2.05, 4.69) is 15.9 Å². The average molecular weight is 636 g/mol. The highest BCUT2D eigenvalue weighted by Gasteiger charge is 2.48. The van der Waals surface area contributed by atoms with Gasteiger partial charge in [0.1, 0.15) is 17.2 Å². The standard InChI is InChI=1S/C27H18BrClF2N2O5S/c28-15-1-4-23-21(9-15)26(35)38-27(23)5-7-32(8-6-27)25(34)22-14-33(24-10-16(29)2-3-20(22)24)39(36,37)19-12-17(30)11-18(31)13-19/h1-4,9-14H,5-8H2. The Balaban J connectivity index is 1.35. The van der Waals surface area contributed by atoms with Gasteiger partial charge >= 0.3 is 5.97 Å².